The molecule has 0 spiro atoms. The molecule has 4 heteroatoms. The Morgan fingerprint density at radius 2 is 2.06 bits per heavy atom. The van der Waals surface area contributed by atoms with Gasteiger partial charge < -0.3 is 9.84 Å². The topological polar surface area (TPSA) is 41.5 Å². The Morgan fingerprint density at radius 1 is 1.33 bits per heavy atom. The third-order valence-electron chi connectivity index (χ3n) is 2.65. The summed E-state index contributed by atoms with van der Waals surface area (Å²) >= 11 is 0. The van der Waals surface area contributed by atoms with E-state index < -0.39 is 6.10 Å². The number of rotatable bonds is 8. The molecule has 0 fully saturated rings. The van der Waals surface area contributed by atoms with Crippen molar-refractivity contribution >= 4 is 8.73 Å². The van der Waals surface area contributed by atoms with Gasteiger partial charge in [-0.25, -0.2) is 0 Å². The fourth-order valence-corrected chi connectivity index (χ4v) is 2.30. The average Bonchev–Trinajstić information content (AvgIpc) is 2.35. The van der Waals surface area contributed by atoms with Crippen molar-refractivity contribution in [1.82, 2.24) is 5.09 Å². The summed E-state index contributed by atoms with van der Waals surface area (Å²) in [5.41, 5.74) is 1.21. The lowest BCUT2D eigenvalue weighted by Crippen LogP contribution is -2.17. The van der Waals surface area contributed by atoms with Gasteiger partial charge in [0.1, 0.15) is 12.4 Å². The van der Waals surface area contributed by atoms with Crippen LogP contribution >= 0.6 is 8.73 Å². The summed E-state index contributed by atoms with van der Waals surface area (Å²) in [6.07, 6.45) is 0.562. The van der Waals surface area contributed by atoms with Crippen molar-refractivity contribution in [2.75, 3.05) is 19.8 Å². The van der Waals surface area contributed by atoms with Gasteiger partial charge in [-0.2, -0.15) is 0 Å². The molecule has 2 N–H and O–H groups in total. The summed E-state index contributed by atoms with van der Waals surface area (Å²) in [5.74, 6) is 1.47. The van der Waals surface area contributed by atoms with E-state index in [0.29, 0.717) is 12.5 Å². The molecule has 18 heavy (non-hydrogen) atoms. The maximum atomic E-state index is 9.27. The molecule has 0 bridgehead atoms. The Kier molecular flexibility index (Phi) is 7.26. The normalized spacial score (nSPS) is 14.9. The SMILES string of the molecule is CPNCC(C)Cc1ccccc1OCC(C)O. The Balaban J connectivity index is 2.58. The standard InChI is InChI=1S/C14H24NO2P/c1-11(9-15-18-3)8-13-6-4-5-7-14(13)17-10-12(2)16/h4-7,11-12,15-16,18H,8-10H2,1-3H3. The van der Waals surface area contributed by atoms with E-state index in [9.17, 15) is 5.11 Å². The van der Waals surface area contributed by atoms with E-state index in [4.69, 9.17) is 4.74 Å². The van der Waals surface area contributed by atoms with Crippen molar-refractivity contribution in [1.29, 1.82) is 0 Å². The van der Waals surface area contributed by atoms with Crippen molar-refractivity contribution in [3.05, 3.63) is 29.8 Å². The van der Waals surface area contributed by atoms with Gasteiger partial charge in [-0.1, -0.05) is 33.9 Å². The first-order chi connectivity index (χ1) is 8.63. The van der Waals surface area contributed by atoms with Crippen molar-refractivity contribution in [3.63, 3.8) is 0 Å². The maximum absolute atomic E-state index is 9.27. The van der Waals surface area contributed by atoms with Gasteiger partial charge in [0.05, 0.1) is 6.10 Å². The highest BCUT2D eigenvalue weighted by Crippen LogP contribution is 2.21. The summed E-state index contributed by atoms with van der Waals surface area (Å²) in [7, 11) is 0.791. The van der Waals surface area contributed by atoms with Crippen LogP contribution in [0.25, 0.3) is 0 Å². The molecule has 0 aliphatic rings. The van der Waals surface area contributed by atoms with Crippen LogP contribution in [0.1, 0.15) is 19.4 Å². The first kappa shape index (κ1) is 15.4. The van der Waals surface area contributed by atoms with E-state index in [1.807, 2.05) is 18.2 Å². The van der Waals surface area contributed by atoms with Crippen LogP contribution in [0.5, 0.6) is 5.75 Å². The molecule has 3 nitrogen and oxygen atoms in total. The zero-order valence-electron chi connectivity index (χ0n) is 11.4. The second-order valence-corrected chi connectivity index (χ2v) is 5.56. The van der Waals surface area contributed by atoms with Gasteiger partial charge in [0, 0.05) is 6.54 Å². The molecule has 102 valence electrons. The van der Waals surface area contributed by atoms with Crippen molar-refractivity contribution in [2.45, 2.75) is 26.4 Å². The minimum atomic E-state index is -0.432. The maximum Gasteiger partial charge on any atom is 0.122 e. The molecule has 0 amide bonds. The number of ether oxygens (including phenoxy) is 1. The molecule has 3 unspecified atom stereocenters. The first-order valence-corrected chi connectivity index (χ1v) is 7.91. The molecule has 3 atom stereocenters. The molecule has 0 aliphatic carbocycles. The summed E-state index contributed by atoms with van der Waals surface area (Å²) in [6.45, 7) is 7.49. The zero-order valence-corrected chi connectivity index (χ0v) is 12.4. The number of benzene rings is 1. The molecule has 1 aromatic carbocycles. The zero-order chi connectivity index (χ0) is 13.4. The van der Waals surface area contributed by atoms with E-state index in [0.717, 1.165) is 27.4 Å². The van der Waals surface area contributed by atoms with Crippen LogP contribution in [0.4, 0.5) is 0 Å². The van der Waals surface area contributed by atoms with Crippen LogP contribution in [0.15, 0.2) is 24.3 Å². The fourth-order valence-electron chi connectivity index (χ4n) is 1.75. The highest BCUT2D eigenvalue weighted by atomic mass is 31.1. The molecule has 0 aromatic heterocycles. The number of nitrogens with one attached hydrogen (secondary N) is 1. The summed E-state index contributed by atoms with van der Waals surface area (Å²) < 4.78 is 5.64. The Labute approximate surface area is 112 Å². The van der Waals surface area contributed by atoms with Crippen LogP contribution in [0.2, 0.25) is 0 Å². The molecule has 0 saturated carbocycles. The van der Waals surface area contributed by atoms with Crippen LogP contribution in [-0.4, -0.2) is 31.0 Å². The van der Waals surface area contributed by atoms with Gasteiger partial charge in [-0.05, 0) is 37.6 Å². The van der Waals surface area contributed by atoms with Gasteiger partial charge in [0.25, 0.3) is 0 Å². The quantitative estimate of drug-likeness (QED) is 0.712. The van der Waals surface area contributed by atoms with Gasteiger partial charge in [0.2, 0.25) is 0 Å². The van der Waals surface area contributed by atoms with Gasteiger partial charge >= 0.3 is 0 Å². The molecule has 0 aliphatic heterocycles. The van der Waals surface area contributed by atoms with Gasteiger partial charge in [-0.3, -0.25) is 5.09 Å². The van der Waals surface area contributed by atoms with E-state index in [2.05, 4.69) is 24.7 Å². The van der Waals surface area contributed by atoms with Crippen molar-refractivity contribution in [2.24, 2.45) is 5.92 Å². The highest BCUT2D eigenvalue weighted by molar-refractivity contribution is 7.34. The Bertz CT molecular complexity index is 344. The lowest BCUT2D eigenvalue weighted by Gasteiger charge is -2.16. The molecular weight excluding hydrogens is 245 g/mol. The van der Waals surface area contributed by atoms with E-state index in [1.165, 1.54) is 5.56 Å². The highest BCUT2D eigenvalue weighted by Gasteiger charge is 2.08. The molecular formula is C14H24NO2P. The van der Waals surface area contributed by atoms with Crippen LogP contribution < -0.4 is 9.82 Å². The fraction of sp³-hybridized carbons (Fsp3) is 0.571. The summed E-state index contributed by atoms with van der Waals surface area (Å²) in [4.78, 5) is 0. The number of aliphatic hydroxyl groups is 1. The molecule has 0 radical (unpaired) electrons. The van der Waals surface area contributed by atoms with Crippen LogP contribution in [0.3, 0.4) is 0 Å². The molecule has 1 rings (SSSR count). The monoisotopic (exact) mass is 269 g/mol. The van der Waals surface area contributed by atoms with E-state index in [1.54, 1.807) is 6.92 Å². The number of hydrogen-bond acceptors (Lipinski definition) is 3. The molecule has 0 heterocycles. The van der Waals surface area contributed by atoms with Crippen molar-refractivity contribution in [3.8, 4) is 5.75 Å². The number of hydrogen-bond donors (Lipinski definition) is 2. The Morgan fingerprint density at radius 3 is 2.72 bits per heavy atom. The van der Waals surface area contributed by atoms with Crippen LogP contribution in [0, 0.1) is 5.92 Å². The smallest absolute Gasteiger partial charge is 0.122 e. The largest absolute Gasteiger partial charge is 0.491 e. The lowest BCUT2D eigenvalue weighted by atomic mass is 10.0. The predicted molar refractivity (Wildman–Crippen MR) is 78.7 cm³/mol. The van der Waals surface area contributed by atoms with E-state index >= 15 is 0 Å². The summed E-state index contributed by atoms with van der Waals surface area (Å²) in [6, 6.07) is 8.07. The minimum absolute atomic E-state index is 0.347. The third kappa shape index (κ3) is 5.81. The van der Waals surface area contributed by atoms with Gasteiger partial charge in [0.15, 0.2) is 0 Å². The minimum Gasteiger partial charge on any atom is -0.491 e. The number of aliphatic hydroxyl groups excluding tert-OH is 1. The van der Waals surface area contributed by atoms with E-state index in [-0.39, 0.29) is 0 Å². The van der Waals surface area contributed by atoms with Crippen LogP contribution in [-0.2, 0) is 6.42 Å². The Hall–Kier alpha value is -0.630. The predicted octanol–water partition coefficient (Wildman–Crippen LogP) is 2.44. The molecule has 0 saturated heterocycles. The average molecular weight is 269 g/mol. The third-order valence-corrected chi connectivity index (χ3v) is 3.21. The summed E-state index contributed by atoms with van der Waals surface area (Å²) in [5, 5.41) is 12.7. The first-order valence-electron chi connectivity index (χ1n) is 6.41. The second-order valence-electron chi connectivity index (χ2n) is 4.71. The van der Waals surface area contributed by atoms with Gasteiger partial charge in [-0.15, -0.1) is 0 Å². The molecule has 1 aromatic rings. The second kappa shape index (κ2) is 8.47. The van der Waals surface area contributed by atoms with Crippen molar-refractivity contribution < 1.29 is 9.84 Å². The number of para-hydroxylation sites is 1. The lowest BCUT2D eigenvalue weighted by molar-refractivity contribution is 0.122.